The zero-order valence-corrected chi connectivity index (χ0v) is 14.9. The van der Waals surface area contributed by atoms with Crippen molar-refractivity contribution in [2.75, 3.05) is 4.72 Å². The smallest absolute Gasteiger partial charge is 0.261 e. The molecule has 0 spiro atoms. The Morgan fingerprint density at radius 3 is 2.35 bits per heavy atom. The number of pyridine rings is 1. The zero-order chi connectivity index (χ0) is 18.1. The highest BCUT2D eigenvalue weighted by Gasteiger charge is 2.14. The molecule has 0 aliphatic carbocycles. The summed E-state index contributed by atoms with van der Waals surface area (Å²) in [7, 11) is -3.60. The summed E-state index contributed by atoms with van der Waals surface area (Å²) in [5.74, 6) is 0. The Labute approximate surface area is 152 Å². The van der Waals surface area contributed by atoms with Gasteiger partial charge in [-0.1, -0.05) is 35.9 Å². The monoisotopic (exact) mass is 363 g/mol. The summed E-state index contributed by atoms with van der Waals surface area (Å²) >= 11 is 0. The number of nitrogens with one attached hydrogen (secondary N) is 1. The van der Waals surface area contributed by atoms with Crippen LogP contribution in [0, 0.1) is 6.92 Å². The normalized spacial score (nSPS) is 11.6. The van der Waals surface area contributed by atoms with Crippen LogP contribution in [-0.2, 0) is 10.0 Å². The summed E-state index contributed by atoms with van der Waals surface area (Å²) in [6.07, 6.45) is 3.89. The molecule has 0 saturated heterocycles. The molecule has 0 amide bonds. The van der Waals surface area contributed by atoms with Crippen molar-refractivity contribution in [3.63, 3.8) is 0 Å². The third kappa shape index (κ3) is 3.19. The molecule has 0 fully saturated rings. The second-order valence-corrected chi connectivity index (χ2v) is 7.77. The molecule has 0 radical (unpaired) electrons. The minimum atomic E-state index is -3.60. The first-order valence-electron chi connectivity index (χ1n) is 8.15. The molecule has 2 aromatic carbocycles. The maximum atomic E-state index is 12.5. The highest BCUT2D eigenvalue weighted by atomic mass is 32.2. The molecule has 0 unspecified atom stereocenters. The first kappa shape index (κ1) is 16.4. The molecule has 0 aliphatic rings. The van der Waals surface area contributed by atoms with Crippen LogP contribution in [0.1, 0.15) is 5.56 Å². The maximum absolute atomic E-state index is 12.5. The molecule has 0 aliphatic heterocycles. The van der Waals surface area contributed by atoms with Gasteiger partial charge in [-0.2, -0.15) is 0 Å². The van der Waals surface area contributed by atoms with Crippen molar-refractivity contribution in [3.8, 4) is 11.3 Å². The van der Waals surface area contributed by atoms with Crippen molar-refractivity contribution in [1.29, 1.82) is 0 Å². The highest BCUT2D eigenvalue weighted by Crippen LogP contribution is 2.23. The molecule has 2 aromatic heterocycles. The Morgan fingerprint density at radius 1 is 0.923 bits per heavy atom. The fourth-order valence-electron chi connectivity index (χ4n) is 2.71. The summed E-state index contributed by atoms with van der Waals surface area (Å²) in [6, 6.07) is 19.8. The van der Waals surface area contributed by atoms with Gasteiger partial charge in [-0.05, 0) is 43.3 Å². The highest BCUT2D eigenvalue weighted by molar-refractivity contribution is 7.92. The van der Waals surface area contributed by atoms with Gasteiger partial charge < -0.3 is 4.40 Å². The fourth-order valence-corrected chi connectivity index (χ4v) is 3.77. The SMILES string of the molecule is Cc1ccc(S(=O)(=O)Nc2ccc(-c3cn4ccccc4n3)cc2)cc1. The minimum absolute atomic E-state index is 0.243. The van der Waals surface area contributed by atoms with Crippen LogP contribution < -0.4 is 4.72 Å². The van der Waals surface area contributed by atoms with Crippen molar-refractivity contribution >= 4 is 21.4 Å². The van der Waals surface area contributed by atoms with Gasteiger partial charge in [-0.25, -0.2) is 13.4 Å². The van der Waals surface area contributed by atoms with Crippen molar-refractivity contribution < 1.29 is 8.42 Å². The summed E-state index contributed by atoms with van der Waals surface area (Å²) < 4.78 is 29.5. The minimum Gasteiger partial charge on any atom is -0.306 e. The number of nitrogens with zero attached hydrogens (tertiary/aromatic N) is 2. The predicted molar refractivity (Wildman–Crippen MR) is 103 cm³/mol. The Kier molecular flexibility index (Phi) is 3.97. The van der Waals surface area contributed by atoms with E-state index in [0.717, 1.165) is 22.5 Å². The molecule has 0 saturated carbocycles. The average molecular weight is 363 g/mol. The molecule has 0 atom stereocenters. The van der Waals surface area contributed by atoms with Gasteiger partial charge in [0, 0.05) is 23.6 Å². The second-order valence-electron chi connectivity index (χ2n) is 6.09. The van der Waals surface area contributed by atoms with E-state index in [1.807, 2.05) is 54.0 Å². The lowest BCUT2D eigenvalue weighted by Crippen LogP contribution is -2.12. The van der Waals surface area contributed by atoms with E-state index < -0.39 is 10.0 Å². The zero-order valence-electron chi connectivity index (χ0n) is 14.1. The lowest BCUT2D eigenvalue weighted by atomic mass is 10.1. The van der Waals surface area contributed by atoms with Crippen LogP contribution in [0.15, 0.2) is 84.0 Å². The van der Waals surface area contributed by atoms with E-state index in [1.165, 1.54) is 0 Å². The van der Waals surface area contributed by atoms with E-state index in [0.29, 0.717) is 5.69 Å². The van der Waals surface area contributed by atoms with Gasteiger partial charge in [0.1, 0.15) is 5.65 Å². The van der Waals surface area contributed by atoms with E-state index in [-0.39, 0.29) is 4.90 Å². The average Bonchev–Trinajstić information content (AvgIpc) is 3.06. The van der Waals surface area contributed by atoms with E-state index >= 15 is 0 Å². The first-order valence-corrected chi connectivity index (χ1v) is 9.63. The number of rotatable bonds is 4. The lowest BCUT2D eigenvalue weighted by molar-refractivity contribution is 0.601. The number of hydrogen-bond acceptors (Lipinski definition) is 3. The van der Waals surface area contributed by atoms with Crippen LogP contribution in [0.5, 0.6) is 0 Å². The molecular formula is C20H17N3O2S. The summed E-state index contributed by atoms with van der Waals surface area (Å²) in [4.78, 5) is 4.81. The summed E-state index contributed by atoms with van der Waals surface area (Å²) in [6.45, 7) is 1.92. The number of imidazole rings is 1. The number of aromatic nitrogens is 2. The first-order chi connectivity index (χ1) is 12.5. The number of hydrogen-bond donors (Lipinski definition) is 1. The third-order valence-electron chi connectivity index (χ3n) is 4.13. The molecule has 5 nitrogen and oxygen atoms in total. The fraction of sp³-hybridized carbons (Fsp3) is 0.0500. The van der Waals surface area contributed by atoms with Gasteiger partial charge in [-0.15, -0.1) is 0 Å². The topological polar surface area (TPSA) is 63.5 Å². The van der Waals surface area contributed by atoms with Gasteiger partial charge >= 0.3 is 0 Å². The quantitative estimate of drug-likeness (QED) is 0.593. The van der Waals surface area contributed by atoms with Crippen LogP contribution in [0.2, 0.25) is 0 Å². The second kappa shape index (κ2) is 6.31. The van der Waals surface area contributed by atoms with Crippen molar-refractivity contribution in [2.45, 2.75) is 11.8 Å². The van der Waals surface area contributed by atoms with Gasteiger partial charge in [0.2, 0.25) is 0 Å². The van der Waals surface area contributed by atoms with Crippen LogP contribution in [0.4, 0.5) is 5.69 Å². The van der Waals surface area contributed by atoms with Gasteiger partial charge in [0.05, 0.1) is 10.6 Å². The summed E-state index contributed by atoms with van der Waals surface area (Å²) in [5, 5.41) is 0. The van der Waals surface area contributed by atoms with E-state index in [9.17, 15) is 8.42 Å². The van der Waals surface area contributed by atoms with Crippen LogP contribution in [0.3, 0.4) is 0 Å². The van der Waals surface area contributed by atoms with Crippen molar-refractivity contribution in [1.82, 2.24) is 9.38 Å². The van der Waals surface area contributed by atoms with Crippen LogP contribution in [-0.4, -0.2) is 17.8 Å². The van der Waals surface area contributed by atoms with E-state index in [1.54, 1.807) is 36.4 Å². The molecular weight excluding hydrogens is 346 g/mol. The van der Waals surface area contributed by atoms with Crippen LogP contribution in [0.25, 0.3) is 16.9 Å². The molecule has 0 bridgehead atoms. The van der Waals surface area contributed by atoms with Crippen LogP contribution >= 0.6 is 0 Å². The van der Waals surface area contributed by atoms with E-state index in [4.69, 9.17) is 0 Å². The number of fused-ring (bicyclic) bond motifs is 1. The molecule has 1 N–H and O–H groups in total. The molecule has 4 rings (SSSR count). The standard InChI is InChI=1S/C20H17N3O2S/c1-15-5-11-18(12-6-15)26(24,25)22-17-9-7-16(8-10-17)19-14-23-13-3-2-4-20(23)21-19/h2-14,22H,1H3. The van der Waals surface area contributed by atoms with Gasteiger partial charge in [0.25, 0.3) is 10.0 Å². The van der Waals surface area contributed by atoms with Gasteiger partial charge in [0.15, 0.2) is 0 Å². The molecule has 6 heteroatoms. The molecule has 2 heterocycles. The van der Waals surface area contributed by atoms with Crippen molar-refractivity contribution in [3.05, 3.63) is 84.7 Å². The Hall–Kier alpha value is -3.12. The Morgan fingerprint density at radius 2 is 1.65 bits per heavy atom. The lowest BCUT2D eigenvalue weighted by Gasteiger charge is -2.08. The van der Waals surface area contributed by atoms with Crippen molar-refractivity contribution in [2.24, 2.45) is 0 Å². The van der Waals surface area contributed by atoms with E-state index in [2.05, 4.69) is 9.71 Å². The predicted octanol–water partition coefficient (Wildman–Crippen LogP) is 4.11. The third-order valence-corrected chi connectivity index (χ3v) is 5.53. The largest absolute Gasteiger partial charge is 0.306 e. The number of sulfonamides is 1. The Balaban J connectivity index is 1.58. The molecule has 4 aromatic rings. The number of anilines is 1. The maximum Gasteiger partial charge on any atom is 0.261 e. The number of aryl methyl sites for hydroxylation is 1. The molecule has 26 heavy (non-hydrogen) atoms. The summed E-state index contributed by atoms with van der Waals surface area (Å²) in [5.41, 5.74) is 4.15. The van der Waals surface area contributed by atoms with Gasteiger partial charge in [-0.3, -0.25) is 4.72 Å². The Bertz CT molecular complexity index is 1130. The number of benzene rings is 2. The molecule has 130 valence electrons.